The van der Waals surface area contributed by atoms with E-state index in [2.05, 4.69) is 15.3 Å². The Morgan fingerprint density at radius 1 is 1.53 bits per heavy atom. The first-order chi connectivity index (χ1) is 9.06. The highest BCUT2D eigenvalue weighted by atomic mass is 16.4. The van der Waals surface area contributed by atoms with Gasteiger partial charge in [-0.1, -0.05) is 0 Å². The fourth-order valence-corrected chi connectivity index (χ4v) is 2.28. The maximum atomic E-state index is 11.1. The molecule has 1 aliphatic rings. The molecular formula is C13H20N4O2. The van der Waals surface area contributed by atoms with Crippen LogP contribution in [0.2, 0.25) is 0 Å². The molecule has 2 N–H and O–H groups in total. The summed E-state index contributed by atoms with van der Waals surface area (Å²) in [6.07, 6.45) is 3.15. The van der Waals surface area contributed by atoms with E-state index in [1.54, 1.807) is 0 Å². The van der Waals surface area contributed by atoms with Gasteiger partial charge in [0.1, 0.15) is 18.0 Å². The van der Waals surface area contributed by atoms with E-state index in [0.717, 1.165) is 31.0 Å². The molecular weight excluding hydrogens is 244 g/mol. The number of aliphatic carboxylic acids is 1. The normalized spacial score (nSPS) is 19.5. The van der Waals surface area contributed by atoms with E-state index < -0.39 is 5.97 Å². The van der Waals surface area contributed by atoms with Crippen molar-refractivity contribution in [3.63, 3.8) is 0 Å². The molecule has 0 radical (unpaired) electrons. The number of piperidine rings is 1. The Balaban J connectivity index is 2.10. The van der Waals surface area contributed by atoms with Gasteiger partial charge < -0.3 is 15.3 Å². The molecule has 0 aromatic carbocycles. The van der Waals surface area contributed by atoms with Crippen molar-refractivity contribution in [1.82, 2.24) is 9.97 Å². The average Bonchev–Trinajstić information content (AvgIpc) is 2.38. The van der Waals surface area contributed by atoms with Gasteiger partial charge >= 0.3 is 5.97 Å². The molecule has 1 saturated heterocycles. The van der Waals surface area contributed by atoms with Crippen LogP contribution < -0.4 is 10.2 Å². The summed E-state index contributed by atoms with van der Waals surface area (Å²) in [4.78, 5) is 21.5. The van der Waals surface area contributed by atoms with Gasteiger partial charge in [-0.2, -0.15) is 0 Å². The number of nitrogens with zero attached hydrogens (tertiary/aromatic N) is 3. The second-order valence-corrected chi connectivity index (χ2v) is 5.18. The minimum Gasteiger partial charge on any atom is -0.481 e. The topological polar surface area (TPSA) is 78.4 Å². The van der Waals surface area contributed by atoms with E-state index in [1.165, 1.54) is 6.33 Å². The van der Waals surface area contributed by atoms with Gasteiger partial charge in [0.15, 0.2) is 0 Å². The van der Waals surface area contributed by atoms with Crippen molar-refractivity contribution in [3.8, 4) is 0 Å². The summed E-state index contributed by atoms with van der Waals surface area (Å²) in [5.74, 6) is 0.547. The van der Waals surface area contributed by atoms with Crippen molar-refractivity contribution in [2.75, 3.05) is 23.3 Å². The Morgan fingerprint density at radius 3 is 3.00 bits per heavy atom. The smallest absolute Gasteiger partial charge is 0.308 e. The van der Waals surface area contributed by atoms with E-state index in [0.29, 0.717) is 12.6 Å². The highest BCUT2D eigenvalue weighted by Crippen LogP contribution is 2.23. The number of anilines is 2. The highest BCUT2D eigenvalue weighted by molar-refractivity contribution is 5.71. The van der Waals surface area contributed by atoms with Gasteiger partial charge in [-0.05, 0) is 26.7 Å². The Labute approximate surface area is 112 Å². The summed E-state index contributed by atoms with van der Waals surface area (Å²) in [5, 5.41) is 12.3. The summed E-state index contributed by atoms with van der Waals surface area (Å²) in [5.41, 5.74) is 0. The fourth-order valence-electron chi connectivity index (χ4n) is 2.28. The van der Waals surface area contributed by atoms with Crippen LogP contribution >= 0.6 is 0 Å². The SMILES string of the molecule is CC(C)Nc1cc(N2CCCC(C(=O)O)C2)ncn1. The molecule has 1 fully saturated rings. The zero-order chi connectivity index (χ0) is 13.8. The molecule has 19 heavy (non-hydrogen) atoms. The van der Waals surface area contributed by atoms with Crippen LogP contribution in [0.3, 0.4) is 0 Å². The highest BCUT2D eigenvalue weighted by Gasteiger charge is 2.26. The number of nitrogens with one attached hydrogen (secondary N) is 1. The number of hydrogen-bond donors (Lipinski definition) is 2. The summed E-state index contributed by atoms with van der Waals surface area (Å²) in [6.45, 7) is 5.46. The number of carbonyl (C=O) groups is 1. The quantitative estimate of drug-likeness (QED) is 0.860. The maximum Gasteiger partial charge on any atom is 0.308 e. The number of carboxylic acids is 1. The van der Waals surface area contributed by atoms with Gasteiger partial charge in [-0.3, -0.25) is 4.79 Å². The third-order valence-corrected chi connectivity index (χ3v) is 3.18. The van der Waals surface area contributed by atoms with Crippen molar-refractivity contribution in [1.29, 1.82) is 0 Å². The standard InChI is InChI=1S/C13H20N4O2/c1-9(2)16-11-6-12(15-8-14-11)17-5-3-4-10(7-17)13(18)19/h6,8-10H,3-5,7H2,1-2H3,(H,18,19)(H,14,15,16). The van der Waals surface area contributed by atoms with Crippen molar-refractivity contribution in [2.45, 2.75) is 32.7 Å². The molecule has 0 spiro atoms. The zero-order valence-corrected chi connectivity index (χ0v) is 11.3. The lowest BCUT2D eigenvalue weighted by Crippen LogP contribution is -2.39. The molecule has 2 heterocycles. The third-order valence-electron chi connectivity index (χ3n) is 3.18. The van der Waals surface area contributed by atoms with E-state index in [1.807, 2.05) is 24.8 Å². The molecule has 1 aromatic rings. The predicted molar refractivity (Wildman–Crippen MR) is 73.4 cm³/mol. The maximum absolute atomic E-state index is 11.1. The number of aromatic nitrogens is 2. The van der Waals surface area contributed by atoms with E-state index in [4.69, 9.17) is 5.11 Å². The van der Waals surface area contributed by atoms with Crippen LogP contribution in [-0.4, -0.2) is 40.2 Å². The van der Waals surface area contributed by atoms with Crippen LogP contribution in [0.25, 0.3) is 0 Å². The number of hydrogen-bond acceptors (Lipinski definition) is 5. The number of carboxylic acid groups (broad SMARTS) is 1. The molecule has 0 amide bonds. The Morgan fingerprint density at radius 2 is 2.32 bits per heavy atom. The Kier molecular flexibility index (Phi) is 4.19. The largest absolute Gasteiger partial charge is 0.481 e. The van der Waals surface area contributed by atoms with Crippen LogP contribution in [0.4, 0.5) is 11.6 Å². The molecule has 1 aromatic heterocycles. The molecule has 6 nitrogen and oxygen atoms in total. The average molecular weight is 264 g/mol. The van der Waals surface area contributed by atoms with Crippen molar-refractivity contribution in [2.24, 2.45) is 5.92 Å². The summed E-state index contributed by atoms with van der Waals surface area (Å²) >= 11 is 0. The Hall–Kier alpha value is -1.85. The van der Waals surface area contributed by atoms with E-state index >= 15 is 0 Å². The fraction of sp³-hybridized carbons (Fsp3) is 0.615. The van der Waals surface area contributed by atoms with Gasteiger partial charge in [0.05, 0.1) is 5.92 Å². The van der Waals surface area contributed by atoms with Gasteiger partial charge in [0.2, 0.25) is 0 Å². The third kappa shape index (κ3) is 3.56. The van der Waals surface area contributed by atoms with E-state index in [-0.39, 0.29) is 5.92 Å². The zero-order valence-electron chi connectivity index (χ0n) is 11.3. The minimum atomic E-state index is -0.723. The van der Waals surface area contributed by atoms with Crippen molar-refractivity contribution < 1.29 is 9.90 Å². The van der Waals surface area contributed by atoms with Gasteiger partial charge in [0.25, 0.3) is 0 Å². The first-order valence-corrected chi connectivity index (χ1v) is 6.62. The molecule has 104 valence electrons. The second kappa shape index (κ2) is 5.86. The first-order valence-electron chi connectivity index (χ1n) is 6.62. The molecule has 1 unspecified atom stereocenters. The molecule has 6 heteroatoms. The molecule has 1 aliphatic heterocycles. The van der Waals surface area contributed by atoms with Crippen LogP contribution in [0.5, 0.6) is 0 Å². The lowest BCUT2D eigenvalue weighted by molar-refractivity contribution is -0.141. The molecule has 2 rings (SSSR count). The van der Waals surface area contributed by atoms with Crippen LogP contribution in [0.15, 0.2) is 12.4 Å². The molecule has 0 saturated carbocycles. The lowest BCUT2D eigenvalue weighted by atomic mass is 9.98. The monoisotopic (exact) mass is 264 g/mol. The summed E-state index contributed by atoms with van der Waals surface area (Å²) < 4.78 is 0. The van der Waals surface area contributed by atoms with Crippen LogP contribution in [-0.2, 0) is 4.79 Å². The van der Waals surface area contributed by atoms with Crippen molar-refractivity contribution in [3.05, 3.63) is 12.4 Å². The lowest BCUT2D eigenvalue weighted by Gasteiger charge is -2.31. The van der Waals surface area contributed by atoms with E-state index in [9.17, 15) is 4.79 Å². The van der Waals surface area contributed by atoms with Gasteiger partial charge in [-0.15, -0.1) is 0 Å². The molecule has 0 aliphatic carbocycles. The summed E-state index contributed by atoms with van der Waals surface area (Å²) in [7, 11) is 0. The second-order valence-electron chi connectivity index (χ2n) is 5.18. The van der Waals surface area contributed by atoms with Crippen LogP contribution in [0, 0.1) is 5.92 Å². The van der Waals surface area contributed by atoms with Crippen molar-refractivity contribution >= 4 is 17.6 Å². The molecule has 0 bridgehead atoms. The summed E-state index contributed by atoms with van der Waals surface area (Å²) in [6, 6.07) is 2.18. The molecule has 1 atom stereocenters. The predicted octanol–water partition coefficient (Wildman–Crippen LogP) is 1.60. The van der Waals surface area contributed by atoms with Gasteiger partial charge in [0, 0.05) is 25.2 Å². The van der Waals surface area contributed by atoms with Gasteiger partial charge in [-0.25, -0.2) is 9.97 Å². The minimum absolute atomic E-state index is 0.301. The Bertz CT molecular complexity index is 450. The van der Waals surface area contributed by atoms with Crippen LogP contribution in [0.1, 0.15) is 26.7 Å². The first kappa shape index (κ1) is 13.6. The number of rotatable bonds is 4.